The van der Waals surface area contributed by atoms with Crippen molar-refractivity contribution in [3.63, 3.8) is 0 Å². The molecule has 0 amide bonds. The molecule has 2 N–H and O–H groups in total. The predicted octanol–water partition coefficient (Wildman–Crippen LogP) is 4.82. The number of nitrogens with zero attached hydrogens (tertiary/aromatic N) is 1. The molecule has 0 spiro atoms. The Morgan fingerprint density at radius 3 is 2.62 bits per heavy atom. The van der Waals surface area contributed by atoms with Crippen molar-refractivity contribution in [2.24, 2.45) is 0 Å². The summed E-state index contributed by atoms with van der Waals surface area (Å²) in [6.45, 7) is 1.88. The van der Waals surface area contributed by atoms with E-state index < -0.39 is 5.82 Å². The van der Waals surface area contributed by atoms with Crippen molar-refractivity contribution in [3.05, 3.63) is 58.6 Å². The molecule has 3 rings (SSSR count). The van der Waals surface area contributed by atoms with Gasteiger partial charge in [0.15, 0.2) is 11.6 Å². The van der Waals surface area contributed by atoms with Crippen molar-refractivity contribution < 1.29 is 9.13 Å². The van der Waals surface area contributed by atoms with Crippen LogP contribution < -0.4 is 10.5 Å². The topological polar surface area (TPSA) is 48.1 Å². The van der Waals surface area contributed by atoms with Gasteiger partial charge in [-0.1, -0.05) is 15.9 Å². The second kappa shape index (κ2) is 5.33. The van der Waals surface area contributed by atoms with E-state index in [4.69, 9.17) is 10.5 Å². The zero-order valence-electron chi connectivity index (χ0n) is 11.2. The van der Waals surface area contributed by atoms with Gasteiger partial charge in [0.1, 0.15) is 5.75 Å². The zero-order valence-corrected chi connectivity index (χ0v) is 12.8. The highest BCUT2D eigenvalue weighted by molar-refractivity contribution is 9.10. The summed E-state index contributed by atoms with van der Waals surface area (Å²) in [7, 11) is 0. The molecule has 0 unspecified atom stereocenters. The van der Waals surface area contributed by atoms with Gasteiger partial charge in [-0.25, -0.2) is 4.39 Å². The van der Waals surface area contributed by atoms with Crippen LogP contribution in [0.4, 0.5) is 10.1 Å². The Hall–Kier alpha value is -2.14. The van der Waals surface area contributed by atoms with Crippen LogP contribution in [0.3, 0.4) is 0 Å². The molecule has 1 aromatic heterocycles. The number of benzene rings is 2. The number of hydrogen-bond donors (Lipinski definition) is 1. The number of halogens is 2. The molecule has 0 bridgehead atoms. The third-order valence-corrected chi connectivity index (χ3v) is 3.64. The molecule has 3 aromatic rings. The van der Waals surface area contributed by atoms with Gasteiger partial charge in [-0.15, -0.1) is 0 Å². The second-order valence-corrected chi connectivity index (χ2v) is 5.62. The Kier molecular flexibility index (Phi) is 3.51. The number of hydrogen-bond acceptors (Lipinski definition) is 3. The lowest BCUT2D eigenvalue weighted by molar-refractivity contribution is 0.446. The summed E-state index contributed by atoms with van der Waals surface area (Å²) in [5.74, 6) is 0.282. The average molecular weight is 347 g/mol. The van der Waals surface area contributed by atoms with Crippen molar-refractivity contribution >= 4 is 32.4 Å². The molecule has 0 saturated heterocycles. The Morgan fingerprint density at radius 2 is 1.86 bits per heavy atom. The maximum atomic E-state index is 13.9. The number of pyridine rings is 1. The van der Waals surface area contributed by atoms with Crippen LogP contribution in [0.2, 0.25) is 0 Å². The maximum Gasteiger partial charge on any atom is 0.166 e. The summed E-state index contributed by atoms with van der Waals surface area (Å²) in [5, 5.41) is 1.60. The molecular weight excluding hydrogens is 335 g/mol. The van der Waals surface area contributed by atoms with Crippen LogP contribution in [0.15, 0.2) is 47.1 Å². The van der Waals surface area contributed by atoms with E-state index in [2.05, 4.69) is 20.9 Å². The molecule has 0 saturated carbocycles. The summed E-state index contributed by atoms with van der Waals surface area (Å²) in [5.41, 5.74) is 7.40. The Bertz CT molecular complexity index is 836. The van der Waals surface area contributed by atoms with Gasteiger partial charge < -0.3 is 10.5 Å². The maximum absolute atomic E-state index is 13.9. The Morgan fingerprint density at radius 1 is 1.10 bits per heavy atom. The normalized spacial score (nSPS) is 10.8. The van der Waals surface area contributed by atoms with Gasteiger partial charge in [-0.3, -0.25) is 4.98 Å². The number of ether oxygens (including phenoxy) is 1. The summed E-state index contributed by atoms with van der Waals surface area (Å²) < 4.78 is 20.3. The largest absolute Gasteiger partial charge is 0.454 e. The van der Waals surface area contributed by atoms with Gasteiger partial charge in [0.2, 0.25) is 0 Å². The molecule has 0 radical (unpaired) electrons. The quantitative estimate of drug-likeness (QED) is 0.676. The highest BCUT2D eigenvalue weighted by Crippen LogP contribution is 2.34. The van der Waals surface area contributed by atoms with Crippen molar-refractivity contribution in [2.75, 3.05) is 5.73 Å². The molecular formula is C16H12BrFN2O. The highest BCUT2D eigenvalue weighted by atomic mass is 79.9. The molecule has 0 aliphatic rings. The number of aryl methyl sites for hydroxylation is 1. The van der Waals surface area contributed by atoms with Crippen LogP contribution in [0.25, 0.3) is 10.8 Å². The summed E-state index contributed by atoms with van der Waals surface area (Å²) in [6, 6.07) is 10.0. The third-order valence-electron chi connectivity index (χ3n) is 3.15. The van der Waals surface area contributed by atoms with E-state index in [1.807, 2.05) is 13.0 Å². The highest BCUT2D eigenvalue weighted by Gasteiger charge is 2.10. The number of rotatable bonds is 2. The van der Waals surface area contributed by atoms with E-state index in [1.54, 1.807) is 30.5 Å². The average Bonchev–Trinajstić information content (AvgIpc) is 2.44. The minimum Gasteiger partial charge on any atom is -0.454 e. The van der Waals surface area contributed by atoms with E-state index in [0.717, 1.165) is 16.5 Å². The van der Waals surface area contributed by atoms with Crippen molar-refractivity contribution in [1.82, 2.24) is 4.98 Å². The first kappa shape index (κ1) is 13.8. The van der Waals surface area contributed by atoms with E-state index in [-0.39, 0.29) is 5.75 Å². The fourth-order valence-electron chi connectivity index (χ4n) is 2.10. The van der Waals surface area contributed by atoms with Crippen molar-refractivity contribution in [3.8, 4) is 11.5 Å². The van der Waals surface area contributed by atoms with Crippen LogP contribution in [0.1, 0.15) is 5.69 Å². The number of nitrogens with two attached hydrogens (primary N) is 1. The molecule has 0 aliphatic carbocycles. The van der Waals surface area contributed by atoms with Crippen LogP contribution in [-0.2, 0) is 0 Å². The Labute approximate surface area is 129 Å². The van der Waals surface area contributed by atoms with Crippen molar-refractivity contribution in [2.45, 2.75) is 6.92 Å². The molecule has 2 aromatic carbocycles. The Balaban J connectivity index is 2.12. The summed E-state index contributed by atoms with van der Waals surface area (Å²) in [6.07, 6.45) is 1.70. The third kappa shape index (κ3) is 2.69. The van der Waals surface area contributed by atoms with E-state index in [9.17, 15) is 4.39 Å². The van der Waals surface area contributed by atoms with Gasteiger partial charge in [-0.2, -0.15) is 0 Å². The molecule has 106 valence electrons. The number of fused-ring (bicyclic) bond motifs is 1. The molecule has 0 atom stereocenters. The second-order valence-electron chi connectivity index (χ2n) is 4.70. The minimum absolute atomic E-state index is 0.165. The zero-order chi connectivity index (χ0) is 15.0. The van der Waals surface area contributed by atoms with Gasteiger partial charge in [0.25, 0.3) is 0 Å². The lowest BCUT2D eigenvalue weighted by Gasteiger charge is -2.11. The van der Waals surface area contributed by atoms with E-state index in [1.165, 1.54) is 6.07 Å². The summed E-state index contributed by atoms with van der Waals surface area (Å²) in [4.78, 5) is 4.23. The van der Waals surface area contributed by atoms with Crippen LogP contribution >= 0.6 is 15.9 Å². The first-order valence-electron chi connectivity index (χ1n) is 6.32. The molecule has 5 heteroatoms. The van der Waals surface area contributed by atoms with Gasteiger partial charge in [0.05, 0.1) is 0 Å². The number of anilines is 1. The van der Waals surface area contributed by atoms with Crippen LogP contribution in [-0.4, -0.2) is 4.98 Å². The van der Waals surface area contributed by atoms with E-state index in [0.29, 0.717) is 15.9 Å². The SMILES string of the molecule is Cc1cc2c(Oc3ccc(Br)cc3F)ccc(N)c2cn1. The monoisotopic (exact) mass is 346 g/mol. The van der Waals surface area contributed by atoms with E-state index >= 15 is 0 Å². The predicted molar refractivity (Wildman–Crippen MR) is 85.1 cm³/mol. The van der Waals surface area contributed by atoms with Gasteiger partial charge in [-0.05, 0) is 43.3 Å². The van der Waals surface area contributed by atoms with Gasteiger partial charge in [0, 0.05) is 32.8 Å². The number of nitrogen functional groups attached to an aromatic ring is 1. The van der Waals surface area contributed by atoms with Crippen LogP contribution in [0, 0.1) is 12.7 Å². The molecule has 0 aliphatic heterocycles. The lowest BCUT2D eigenvalue weighted by Crippen LogP contribution is -1.94. The first-order valence-corrected chi connectivity index (χ1v) is 7.11. The van der Waals surface area contributed by atoms with Crippen molar-refractivity contribution in [1.29, 1.82) is 0 Å². The number of aromatic nitrogens is 1. The standard InChI is InChI=1S/C16H12BrFN2O/c1-9-6-11-12(8-20-9)14(19)3-5-15(11)21-16-4-2-10(17)7-13(16)18/h2-8H,19H2,1H3. The lowest BCUT2D eigenvalue weighted by atomic mass is 10.1. The molecule has 21 heavy (non-hydrogen) atoms. The minimum atomic E-state index is -0.430. The molecule has 0 fully saturated rings. The molecule has 1 heterocycles. The fraction of sp³-hybridized carbons (Fsp3) is 0.0625. The summed E-state index contributed by atoms with van der Waals surface area (Å²) >= 11 is 3.22. The van der Waals surface area contributed by atoms with Crippen LogP contribution in [0.5, 0.6) is 11.5 Å². The van der Waals surface area contributed by atoms with Gasteiger partial charge >= 0.3 is 0 Å². The fourth-order valence-corrected chi connectivity index (χ4v) is 2.44. The first-order chi connectivity index (χ1) is 10.0. The molecule has 3 nitrogen and oxygen atoms in total. The smallest absolute Gasteiger partial charge is 0.166 e.